The summed E-state index contributed by atoms with van der Waals surface area (Å²) in [5, 5.41) is 16.5. The van der Waals surface area contributed by atoms with Gasteiger partial charge >= 0.3 is 0 Å². The van der Waals surface area contributed by atoms with Crippen molar-refractivity contribution in [3.05, 3.63) is 5.82 Å². The number of tetrazole rings is 1. The Kier molecular flexibility index (Phi) is 3.14. The summed E-state index contributed by atoms with van der Waals surface area (Å²) in [6.07, 6.45) is 0.189. The van der Waals surface area contributed by atoms with Crippen molar-refractivity contribution in [2.75, 3.05) is 6.54 Å². The number of hydrogen-bond donors (Lipinski definition) is 2. The van der Waals surface area contributed by atoms with Gasteiger partial charge in [-0.15, -0.1) is 10.2 Å². The van der Waals surface area contributed by atoms with Crippen LogP contribution in [0.3, 0.4) is 0 Å². The van der Waals surface area contributed by atoms with Crippen molar-refractivity contribution in [2.24, 2.45) is 0 Å². The number of aromatic amines is 1. The van der Waals surface area contributed by atoms with Gasteiger partial charge in [0.25, 0.3) is 0 Å². The highest BCUT2D eigenvalue weighted by Crippen LogP contribution is 2.16. The number of carbonyl (C=O) groups is 2. The van der Waals surface area contributed by atoms with Gasteiger partial charge in [-0.05, 0) is 13.8 Å². The van der Waals surface area contributed by atoms with Gasteiger partial charge in [-0.3, -0.25) is 19.8 Å². The van der Waals surface area contributed by atoms with Gasteiger partial charge in [-0.2, -0.15) is 5.21 Å². The van der Waals surface area contributed by atoms with Gasteiger partial charge in [0.15, 0.2) is 5.82 Å². The number of nitrogens with one attached hydrogen (secondary N) is 2. The lowest BCUT2D eigenvalue weighted by Gasteiger charge is -2.15. The summed E-state index contributed by atoms with van der Waals surface area (Å²) in [5.41, 5.74) is 0. The van der Waals surface area contributed by atoms with Crippen LogP contribution in [0.1, 0.15) is 32.1 Å². The zero-order valence-corrected chi connectivity index (χ0v) is 9.67. The Hall–Kier alpha value is -1.83. The van der Waals surface area contributed by atoms with Crippen LogP contribution in [-0.4, -0.2) is 49.9 Å². The monoisotopic (exact) mass is 238 g/mol. The van der Waals surface area contributed by atoms with Crippen molar-refractivity contribution >= 4 is 11.8 Å². The van der Waals surface area contributed by atoms with E-state index in [4.69, 9.17) is 0 Å². The van der Waals surface area contributed by atoms with E-state index in [1.165, 1.54) is 4.90 Å². The van der Waals surface area contributed by atoms with Crippen molar-refractivity contribution in [3.63, 3.8) is 0 Å². The van der Waals surface area contributed by atoms with Gasteiger partial charge in [-0.25, -0.2) is 0 Å². The minimum atomic E-state index is -0.490. The number of hydrogen-bond acceptors (Lipinski definition) is 6. The van der Waals surface area contributed by atoms with Crippen LogP contribution in [0.2, 0.25) is 0 Å². The number of likely N-dealkylation sites (N-methyl/N-ethyl adjacent to an activating group) is 1. The van der Waals surface area contributed by atoms with E-state index in [2.05, 4.69) is 25.9 Å². The van der Waals surface area contributed by atoms with E-state index < -0.39 is 6.04 Å². The van der Waals surface area contributed by atoms with Gasteiger partial charge in [0.1, 0.15) is 0 Å². The molecule has 2 N–H and O–H groups in total. The molecule has 1 fully saturated rings. The molecule has 92 valence electrons. The lowest BCUT2D eigenvalue weighted by molar-refractivity contribution is -0.138. The van der Waals surface area contributed by atoms with E-state index in [0.29, 0.717) is 12.4 Å². The van der Waals surface area contributed by atoms with Crippen molar-refractivity contribution in [2.45, 2.75) is 32.4 Å². The van der Waals surface area contributed by atoms with Crippen molar-refractivity contribution < 1.29 is 9.59 Å². The SMILES string of the molecule is CCN1C(=O)CC(NC(C)c2nn[nH]n2)C1=O. The first-order chi connectivity index (χ1) is 8.13. The van der Waals surface area contributed by atoms with Crippen LogP contribution in [0.5, 0.6) is 0 Å². The molecular weight excluding hydrogens is 224 g/mol. The van der Waals surface area contributed by atoms with Crippen LogP contribution in [0.4, 0.5) is 0 Å². The predicted octanol–water partition coefficient (Wildman–Crippen LogP) is -1.00. The molecule has 17 heavy (non-hydrogen) atoms. The molecule has 1 aliphatic heterocycles. The maximum atomic E-state index is 11.8. The maximum Gasteiger partial charge on any atom is 0.246 e. The van der Waals surface area contributed by atoms with Crippen LogP contribution in [0, 0.1) is 0 Å². The van der Waals surface area contributed by atoms with Gasteiger partial charge in [0.05, 0.1) is 18.5 Å². The highest BCUT2D eigenvalue weighted by Gasteiger charge is 2.38. The van der Waals surface area contributed by atoms with Crippen molar-refractivity contribution in [3.8, 4) is 0 Å². The number of amides is 2. The molecule has 2 heterocycles. The molecule has 1 aliphatic rings. The topological polar surface area (TPSA) is 104 Å². The first-order valence-electron chi connectivity index (χ1n) is 5.47. The molecule has 0 aromatic carbocycles. The molecule has 2 atom stereocenters. The fraction of sp³-hybridized carbons (Fsp3) is 0.667. The summed E-state index contributed by atoms with van der Waals surface area (Å²) >= 11 is 0. The normalized spacial score (nSPS) is 22.2. The highest BCUT2D eigenvalue weighted by molar-refractivity contribution is 6.05. The largest absolute Gasteiger partial charge is 0.296 e. The maximum absolute atomic E-state index is 11.8. The molecule has 1 saturated heterocycles. The first-order valence-corrected chi connectivity index (χ1v) is 5.47. The summed E-state index contributed by atoms with van der Waals surface area (Å²) < 4.78 is 0. The van der Waals surface area contributed by atoms with Gasteiger partial charge in [0, 0.05) is 6.54 Å². The van der Waals surface area contributed by atoms with E-state index in [0.717, 1.165) is 0 Å². The molecule has 8 heteroatoms. The fourth-order valence-corrected chi connectivity index (χ4v) is 1.87. The fourth-order valence-electron chi connectivity index (χ4n) is 1.87. The van der Waals surface area contributed by atoms with E-state index in [9.17, 15) is 9.59 Å². The molecule has 0 saturated carbocycles. The lowest BCUT2D eigenvalue weighted by Crippen LogP contribution is -2.40. The van der Waals surface area contributed by atoms with Gasteiger partial charge in [-0.1, -0.05) is 5.21 Å². The number of imide groups is 1. The number of likely N-dealkylation sites (tertiary alicyclic amines) is 1. The Labute approximate surface area is 97.8 Å². The third kappa shape index (κ3) is 2.16. The number of rotatable bonds is 4. The molecule has 1 aromatic heterocycles. The molecule has 0 spiro atoms. The van der Waals surface area contributed by atoms with E-state index in [1.54, 1.807) is 6.92 Å². The molecule has 1 aromatic rings. The van der Waals surface area contributed by atoms with Crippen LogP contribution in [-0.2, 0) is 9.59 Å². The smallest absolute Gasteiger partial charge is 0.246 e. The Balaban J connectivity index is 2.01. The standard InChI is InChI=1S/C9H14N6O2/c1-3-15-7(16)4-6(9(15)17)10-5(2)8-11-13-14-12-8/h5-6,10H,3-4H2,1-2H3,(H,11,12,13,14). The zero-order chi connectivity index (χ0) is 12.4. The molecular formula is C9H14N6O2. The third-order valence-corrected chi connectivity index (χ3v) is 2.76. The minimum Gasteiger partial charge on any atom is -0.296 e. The summed E-state index contributed by atoms with van der Waals surface area (Å²) in [7, 11) is 0. The Morgan fingerprint density at radius 1 is 1.59 bits per heavy atom. The second-order valence-electron chi connectivity index (χ2n) is 3.89. The van der Waals surface area contributed by atoms with Crippen LogP contribution < -0.4 is 5.32 Å². The van der Waals surface area contributed by atoms with Crippen molar-refractivity contribution in [1.82, 2.24) is 30.8 Å². The minimum absolute atomic E-state index is 0.143. The predicted molar refractivity (Wildman–Crippen MR) is 56.5 cm³/mol. The third-order valence-electron chi connectivity index (χ3n) is 2.76. The molecule has 8 nitrogen and oxygen atoms in total. The Bertz CT molecular complexity index is 417. The number of carbonyl (C=O) groups excluding carboxylic acids is 2. The zero-order valence-electron chi connectivity index (χ0n) is 9.67. The number of nitrogens with zero attached hydrogens (tertiary/aromatic N) is 4. The first kappa shape index (κ1) is 11.6. The quantitative estimate of drug-likeness (QED) is 0.652. The average molecular weight is 238 g/mol. The Morgan fingerprint density at radius 3 is 2.88 bits per heavy atom. The highest BCUT2D eigenvalue weighted by atomic mass is 16.2. The van der Waals surface area contributed by atoms with Gasteiger partial charge < -0.3 is 0 Å². The van der Waals surface area contributed by atoms with Crippen LogP contribution in [0.25, 0.3) is 0 Å². The Morgan fingerprint density at radius 2 is 2.35 bits per heavy atom. The van der Waals surface area contributed by atoms with Crippen LogP contribution in [0.15, 0.2) is 0 Å². The second kappa shape index (κ2) is 4.58. The number of H-pyrrole nitrogens is 1. The van der Waals surface area contributed by atoms with E-state index >= 15 is 0 Å². The molecule has 2 rings (SSSR count). The molecule has 0 radical (unpaired) electrons. The molecule has 2 amide bonds. The average Bonchev–Trinajstić information content (AvgIpc) is 2.89. The van der Waals surface area contributed by atoms with Gasteiger partial charge in [0.2, 0.25) is 11.8 Å². The summed E-state index contributed by atoms with van der Waals surface area (Å²) in [4.78, 5) is 24.6. The van der Waals surface area contributed by atoms with E-state index in [1.807, 2.05) is 6.92 Å². The molecule has 0 bridgehead atoms. The molecule has 0 aliphatic carbocycles. The summed E-state index contributed by atoms with van der Waals surface area (Å²) in [6.45, 7) is 4.00. The summed E-state index contributed by atoms with van der Waals surface area (Å²) in [5.74, 6) is 0.142. The molecule has 2 unspecified atom stereocenters. The second-order valence-corrected chi connectivity index (χ2v) is 3.89. The summed E-state index contributed by atoms with van der Waals surface area (Å²) in [6, 6.07) is -0.719. The van der Waals surface area contributed by atoms with E-state index in [-0.39, 0.29) is 24.3 Å². The lowest BCUT2D eigenvalue weighted by atomic mass is 10.2. The van der Waals surface area contributed by atoms with Crippen LogP contribution >= 0.6 is 0 Å². The number of aromatic nitrogens is 4. The van der Waals surface area contributed by atoms with Crippen molar-refractivity contribution in [1.29, 1.82) is 0 Å².